The molecule has 0 saturated heterocycles. The number of halogens is 2. The Bertz CT molecular complexity index is 1730. The Morgan fingerprint density at radius 3 is 2.10 bits per heavy atom. The third-order valence-electron chi connectivity index (χ3n) is 5.36. The lowest BCUT2D eigenvalue weighted by atomic mass is 10.1. The van der Waals surface area contributed by atoms with Crippen LogP contribution in [0.5, 0.6) is 5.75 Å². The van der Waals surface area contributed by atoms with E-state index >= 15 is 0 Å². The van der Waals surface area contributed by atoms with Gasteiger partial charge in [-0.15, -0.1) is 0 Å². The smallest absolute Gasteiger partial charge is 0.263 e. The molecular formula is C26H21ClFN3O6S2. The largest absolute Gasteiger partial charge is 0.497 e. The van der Waals surface area contributed by atoms with Crippen LogP contribution in [0.25, 0.3) is 0 Å². The second-order valence-corrected chi connectivity index (χ2v) is 11.8. The van der Waals surface area contributed by atoms with Crippen LogP contribution in [0.15, 0.2) is 101 Å². The number of methoxy groups -OCH3 is 1. The molecule has 0 aliphatic rings. The summed E-state index contributed by atoms with van der Waals surface area (Å²) in [5, 5.41) is 2.48. The van der Waals surface area contributed by atoms with Gasteiger partial charge >= 0.3 is 0 Å². The van der Waals surface area contributed by atoms with Crippen molar-refractivity contribution in [3.8, 4) is 5.75 Å². The molecule has 9 nitrogen and oxygen atoms in total. The lowest BCUT2D eigenvalue weighted by molar-refractivity contribution is 0.102. The molecule has 0 heterocycles. The molecule has 4 aromatic carbocycles. The summed E-state index contributed by atoms with van der Waals surface area (Å²) in [5.41, 5.74) is 0.278. The second-order valence-electron chi connectivity index (χ2n) is 8.04. The molecule has 0 aromatic heterocycles. The normalized spacial score (nSPS) is 11.5. The molecule has 0 unspecified atom stereocenters. The van der Waals surface area contributed by atoms with Crippen LogP contribution in [-0.2, 0) is 20.0 Å². The fraction of sp³-hybridized carbons (Fsp3) is 0.0385. The van der Waals surface area contributed by atoms with Crippen LogP contribution >= 0.6 is 11.6 Å². The minimum Gasteiger partial charge on any atom is -0.497 e. The van der Waals surface area contributed by atoms with Crippen molar-refractivity contribution in [2.45, 2.75) is 9.79 Å². The first kappa shape index (κ1) is 27.9. The van der Waals surface area contributed by atoms with Crippen molar-refractivity contribution in [2.24, 2.45) is 0 Å². The summed E-state index contributed by atoms with van der Waals surface area (Å²) in [6.45, 7) is 0. The molecule has 0 saturated carbocycles. The Morgan fingerprint density at radius 2 is 1.44 bits per heavy atom. The Balaban J connectivity index is 1.57. The van der Waals surface area contributed by atoms with E-state index in [4.69, 9.17) is 16.3 Å². The van der Waals surface area contributed by atoms with Crippen LogP contribution in [-0.4, -0.2) is 29.9 Å². The van der Waals surface area contributed by atoms with Gasteiger partial charge in [0.05, 0.1) is 28.3 Å². The van der Waals surface area contributed by atoms with Crippen molar-refractivity contribution in [2.75, 3.05) is 21.9 Å². The summed E-state index contributed by atoms with van der Waals surface area (Å²) in [6.07, 6.45) is 0. The summed E-state index contributed by atoms with van der Waals surface area (Å²) in [5.74, 6) is -0.778. The standard InChI is InChI=1S/C26H21ClFN3O6S2/c1-37-20-11-8-18(9-12-20)30-39(35,36)25-16-19(10-15-23(25)27)29-26(32)22-4-2-3-5-24(22)31-38(33,34)21-13-6-17(28)7-14-21/h2-16,30-31H,1H3,(H,29,32). The van der Waals surface area contributed by atoms with Gasteiger partial charge in [0, 0.05) is 11.4 Å². The van der Waals surface area contributed by atoms with Crippen molar-refractivity contribution in [1.82, 2.24) is 0 Å². The maximum absolute atomic E-state index is 13.2. The first-order valence-electron chi connectivity index (χ1n) is 11.1. The molecule has 4 aromatic rings. The molecule has 3 N–H and O–H groups in total. The van der Waals surface area contributed by atoms with Crippen molar-refractivity contribution in [1.29, 1.82) is 0 Å². The quantitative estimate of drug-likeness (QED) is 0.241. The topological polar surface area (TPSA) is 131 Å². The van der Waals surface area contributed by atoms with E-state index in [1.807, 2.05) is 0 Å². The number of hydrogen-bond acceptors (Lipinski definition) is 6. The number of amides is 1. The number of carbonyl (C=O) groups excluding carboxylic acids is 1. The highest BCUT2D eigenvalue weighted by Crippen LogP contribution is 2.29. The maximum Gasteiger partial charge on any atom is 0.263 e. The molecule has 0 atom stereocenters. The number of hydrogen-bond donors (Lipinski definition) is 3. The fourth-order valence-electron chi connectivity index (χ4n) is 3.44. The molecule has 0 radical (unpaired) electrons. The van der Waals surface area contributed by atoms with Gasteiger partial charge in [-0.25, -0.2) is 21.2 Å². The van der Waals surface area contributed by atoms with E-state index in [-0.39, 0.29) is 37.4 Å². The van der Waals surface area contributed by atoms with Gasteiger partial charge in [-0.1, -0.05) is 23.7 Å². The van der Waals surface area contributed by atoms with Gasteiger partial charge in [0.2, 0.25) is 0 Å². The SMILES string of the molecule is COc1ccc(NS(=O)(=O)c2cc(NC(=O)c3ccccc3NS(=O)(=O)c3ccc(F)cc3)ccc2Cl)cc1. The molecule has 39 heavy (non-hydrogen) atoms. The minimum atomic E-state index is -4.14. The van der Waals surface area contributed by atoms with E-state index in [0.29, 0.717) is 5.75 Å². The number of ether oxygens (including phenoxy) is 1. The van der Waals surface area contributed by atoms with Crippen LogP contribution in [0.2, 0.25) is 5.02 Å². The number of carbonyl (C=O) groups is 1. The van der Waals surface area contributed by atoms with Crippen LogP contribution in [0, 0.1) is 5.82 Å². The first-order chi connectivity index (χ1) is 18.5. The van der Waals surface area contributed by atoms with Gasteiger partial charge in [-0.3, -0.25) is 14.2 Å². The summed E-state index contributed by atoms with van der Waals surface area (Å²) in [7, 11) is -6.80. The van der Waals surface area contributed by atoms with Gasteiger partial charge in [0.15, 0.2) is 0 Å². The van der Waals surface area contributed by atoms with E-state index in [1.165, 1.54) is 61.7 Å². The van der Waals surface area contributed by atoms with Crippen LogP contribution in [0.4, 0.5) is 21.5 Å². The highest BCUT2D eigenvalue weighted by atomic mass is 35.5. The monoisotopic (exact) mass is 589 g/mol. The number of anilines is 3. The van der Waals surface area contributed by atoms with Gasteiger partial charge in [-0.05, 0) is 78.9 Å². The molecule has 1 amide bonds. The predicted octanol–water partition coefficient (Wildman–Crippen LogP) is 5.34. The zero-order valence-corrected chi connectivity index (χ0v) is 22.6. The van der Waals surface area contributed by atoms with E-state index in [1.54, 1.807) is 12.1 Å². The Labute approximate surface area is 229 Å². The van der Waals surface area contributed by atoms with Gasteiger partial charge in [0.25, 0.3) is 26.0 Å². The van der Waals surface area contributed by atoms with E-state index < -0.39 is 31.8 Å². The van der Waals surface area contributed by atoms with Crippen LogP contribution < -0.4 is 19.5 Å². The molecule has 4 rings (SSSR count). The number of sulfonamides is 2. The Morgan fingerprint density at radius 1 is 0.795 bits per heavy atom. The molecule has 0 aliphatic heterocycles. The van der Waals surface area contributed by atoms with Gasteiger partial charge in [-0.2, -0.15) is 0 Å². The Kier molecular flexibility index (Phi) is 8.09. The van der Waals surface area contributed by atoms with E-state index in [0.717, 1.165) is 24.3 Å². The minimum absolute atomic E-state index is 0.0395. The molecular weight excluding hydrogens is 569 g/mol. The van der Waals surface area contributed by atoms with Crippen LogP contribution in [0.3, 0.4) is 0 Å². The summed E-state index contributed by atoms with van der Waals surface area (Å²) >= 11 is 6.16. The third-order valence-corrected chi connectivity index (χ3v) is 8.61. The molecule has 0 spiro atoms. The zero-order chi connectivity index (χ0) is 28.2. The van der Waals surface area contributed by atoms with Gasteiger partial charge in [0.1, 0.15) is 16.5 Å². The molecule has 202 valence electrons. The molecule has 0 aliphatic carbocycles. The van der Waals surface area contributed by atoms with Crippen LogP contribution in [0.1, 0.15) is 10.4 Å². The summed E-state index contributed by atoms with van der Waals surface area (Å²) < 4.78 is 74.6. The number of para-hydroxylation sites is 1. The molecule has 0 fully saturated rings. The predicted molar refractivity (Wildman–Crippen MR) is 147 cm³/mol. The highest BCUT2D eigenvalue weighted by Gasteiger charge is 2.22. The van der Waals surface area contributed by atoms with E-state index in [9.17, 15) is 26.0 Å². The number of nitrogens with one attached hydrogen (secondary N) is 3. The zero-order valence-electron chi connectivity index (χ0n) is 20.2. The summed E-state index contributed by atoms with van der Waals surface area (Å²) in [4.78, 5) is 12.6. The Hall–Kier alpha value is -4.13. The summed E-state index contributed by atoms with van der Waals surface area (Å²) in [6, 6.07) is 20.1. The fourth-order valence-corrected chi connectivity index (χ4v) is 6.11. The second kappa shape index (κ2) is 11.3. The molecule has 13 heteroatoms. The lowest BCUT2D eigenvalue weighted by Gasteiger charge is -2.14. The highest BCUT2D eigenvalue weighted by molar-refractivity contribution is 7.93. The van der Waals surface area contributed by atoms with E-state index in [2.05, 4.69) is 14.8 Å². The lowest BCUT2D eigenvalue weighted by Crippen LogP contribution is -2.19. The average molecular weight is 590 g/mol. The van der Waals surface area contributed by atoms with Gasteiger partial charge < -0.3 is 10.1 Å². The van der Waals surface area contributed by atoms with Crippen molar-refractivity contribution in [3.05, 3.63) is 107 Å². The van der Waals surface area contributed by atoms with Crippen molar-refractivity contribution >= 4 is 54.6 Å². The third kappa shape index (κ3) is 6.66. The van der Waals surface area contributed by atoms with Crippen molar-refractivity contribution in [3.63, 3.8) is 0 Å². The average Bonchev–Trinajstić information content (AvgIpc) is 2.90. The number of rotatable bonds is 9. The van der Waals surface area contributed by atoms with Crippen molar-refractivity contribution < 1.29 is 30.8 Å². The maximum atomic E-state index is 13.2. The first-order valence-corrected chi connectivity index (χ1v) is 14.5. The molecule has 0 bridgehead atoms. The number of benzene rings is 4.